The second-order valence-corrected chi connectivity index (χ2v) is 4.00. The van der Waals surface area contributed by atoms with E-state index in [0.717, 1.165) is 0 Å². The molecule has 1 aromatic carbocycles. The third-order valence-corrected chi connectivity index (χ3v) is 2.82. The van der Waals surface area contributed by atoms with Crippen LogP contribution in [0, 0.1) is 0 Å². The molecule has 1 amide bonds. The van der Waals surface area contributed by atoms with Gasteiger partial charge in [-0.1, -0.05) is 0 Å². The van der Waals surface area contributed by atoms with Crippen LogP contribution < -0.4 is 5.73 Å². The van der Waals surface area contributed by atoms with Gasteiger partial charge in [-0.2, -0.15) is 26.3 Å². The van der Waals surface area contributed by atoms with Gasteiger partial charge in [0.1, 0.15) is 0 Å². The summed E-state index contributed by atoms with van der Waals surface area (Å²) in [5.74, 6) is -1.46. The van der Waals surface area contributed by atoms with Gasteiger partial charge in [0.2, 0.25) is 5.91 Å². The minimum Gasteiger partial charge on any atom is -0.366 e. The quantitative estimate of drug-likeness (QED) is 0.783. The van der Waals surface area contributed by atoms with E-state index in [9.17, 15) is 31.1 Å². The molecule has 0 saturated carbocycles. The Hall–Kier alpha value is -1.25. The fourth-order valence-electron chi connectivity index (χ4n) is 1.28. The Labute approximate surface area is 105 Å². The summed E-state index contributed by atoms with van der Waals surface area (Å²) in [5, 5.41) is 0. The topological polar surface area (TPSA) is 43.1 Å². The van der Waals surface area contributed by atoms with E-state index in [1.54, 1.807) is 0 Å². The summed E-state index contributed by atoms with van der Waals surface area (Å²) < 4.78 is 74.0. The molecule has 0 unspecified atom stereocenters. The van der Waals surface area contributed by atoms with Gasteiger partial charge in [0.25, 0.3) is 0 Å². The van der Waals surface area contributed by atoms with E-state index in [0.29, 0.717) is 12.1 Å². The normalized spacial score (nSPS) is 12.6. The fraction of sp³-hybridized carbons (Fsp3) is 0.222. The van der Waals surface area contributed by atoms with Crippen molar-refractivity contribution in [2.75, 3.05) is 0 Å². The molecule has 0 radical (unpaired) electrons. The molecule has 0 aromatic heterocycles. The van der Waals surface area contributed by atoms with Gasteiger partial charge < -0.3 is 5.73 Å². The van der Waals surface area contributed by atoms with Crippen LogP contribution >= 0.6 is 15.9 Å². The van der Waals surface area contributed by atoms with Gasteiger partial charge in [0.15, 0.2) is 0 Å². The van der Waals surface area contributed by atoms with Gasteiger partial charge in [-0.25, -0.2) is 0 Å². The average molecular weight is 336 g/mol. The number of carbonyl (C=O) groups excluding carboxylic acids is 1. The van der Waals surface area contributed by atoms with Crippen LogP contribution in [0.15, 0.2) is 16.6 Å². The predicted octanol–water partition coefficient (Wildman–Crippen LogP) is 3.59. The zero-order chi connectivity index (χ0) is 14.3. The first kappa shape index (κ1) is 14.8. The van der Waals surface area contributed by atoms with Crippen LogP contribution in [-0.2, 0) is 12.4 Å². The van der Waals surface area contributed by atoms with Crippen LogP contribution in [0.4, 0.5) is 26.3 Å². The number of benzene rings is 1. The minimum absolute atomic E-state index is 0.361. The average Bonchev–Trinajstić information content (AvgIpc) is 2.12. The highest BCUT2D eigenvalue weighted by atomic mass is 79.9. The van der Waals surface area contributed by atoms with E-state index < -0.39 is 39.4 Å². The van der Waals surface area contributed by atoms with Gasteiger partial charge in [-0.05, 0) is 28.1 Å². The number of hydrogen-bond acceptors (Lipinski definition) is 1. The van der Waals surface area contributed by atoms with Crippen molar-refractivity contribution in [2.24, 2.45) is 5.73 Å². The Morgan fingerprint density at radius 2 is 1.56 bits per heavy atom. The smallest absolute Gasteiger partial charge is 0.366 e. The van der Waals surface area contributed by atoms with Crippen molar-refractivity contribution in [1.82, 2.24) is 0 Å². The maximum atomic E-state index is 12.6. The Morgan fingerprint density at radius 3 is 1.89 bits per heavy atom. The molecule has 2 N–H and O–H groups in total. The van der Waals surface area contributed by atoms with Crippen LogP contribution in [0.2, 0.25) is 0 Å². The number of alkyl halides is 6. The summed E-state index contributed by atoms with van der Waals surface area (Å²) in [6.45, 7) is 0. The SMILES string of the molecule is NC(=O)c1ccc(C(F)(F)F)c(Br)c1C(F)(F)F. The Morgan fingerprint density at radius 1 is 1.06 bits per heavy atom. The third-order valence-electron chi connectivity index (χ3n) is 2.00. The second-order valence-electron chi connectivity index (χ2n) is 3.21. The molecule has 0 saturated heterocycles. The number of nitrogens with two attached hydrogens (primary N) is 1. The molecule has 1 aromatic rings. The number of primary amides is 1. The molecule has 0 bridgehead atoms. The van der Waals surface area contributed by atoms with Gasteiger partial charge in [0, 0.05) is 4.47 Å². The number of halogens is 7. The lowest BCUT2D eigenvalue weighted by molar-refractivity contribution is -0.144. The molecular formula is C9H4BrF6NO. The zero-order valence-electron chi connectivity index (χ0n) is 8.29. The highest BCUT2D eigenvalue weighted by molar-refractivity contribution is 9.10. The monoisotopic (exact) mass is 335 g/mol. The van der Waals surface area contributed by atoms with E-state index in [-0.39, 0.29) is 0 Å². The molecule has 0 fully saturated rings. The maximum Gasteiger partial charge on any atom is 0.418 e. The van der Waals surface area contributed by atoms with Crippen molar-refractivity contribution >= 4 is 21.8 Å². The van der Waals surface area contributed by atoms with Crippen LogP contribution in [0.3, 0.4) is 0 Å². The van der Waals surface area contributed by atoms with Crippen LogP contribution in [0.1, 0.15) is 21.5 Å². The van der Waals surface area contributed by atoms with Crippen LogP contribution in [0.25, 0.3) is 0 Å². The Kier molecular flexibility index (Phi) is 3.66. The van der Waals surface area contributed by atoms with E-state index in [1.807, 2.05) is 0 Å². The summed E-state index contributed by atoms with van der Waals surface area (Å²) >= 11 is 2.22. The minimum atomic E-state index is -5.13. The van der Waals surface area contributed by atoms with Crippen molar-refractivity contribution in [1.29, 1.82) is 0 Å². The molecule has 0 atom stereocenters. The molecule has 0 aliphatic heterocycles. The first-order chi connectivity index (χ1) is 7.96. The molecule has 0 aliphatic rings. The van der Waals surface area contributed by atoms with E-state index in [2.05, 4.69) is 15.9 Å². The highest BCUT2D eigenvalue weighted by Crippen LogP contribution is 2.43. The third kappa shape index (κ3) is 2.77. The molecule has 2 nitrogen and oxygen atoms in total. The molecule has 0 heterocycles. The Bertz CT molecular complexity index is 493. The lowest BCUT2D eigenvalue weighted by Gasteiger charge is -2.17. The molecule has 9 heteroatoms. The van der Waals surface area contributed by atoms with Crippen molar-refractivity contribution in [2.45, 2.75) is 12.4 Å². The van der Waals surface area contributed by atoms with Gasteiger partial charge in [0.05, 0.1) is 16.7 Å². The van der Waals surface area contributed by atoms with Crippen molar-refractivity contribution in [3.05, 3.63) is 33.3 Å². The number of hydrogen-bond donors (Lipinski definition) is 1. The molecule has 0 aliphatic carbocycles. The first-order valence-corrected chi connectivity index (χ1v) is 5.02. The van der Waals surface area contributed by atoms with Crippen molar-refractivity contribution < 1.29 is 31.1 Å². The highest BCUT2D eigenvalue weighted by Gasteiger charge is 2.42. The van der Waals surface area contributed by atoms with E-state index >= 15 is 0 Å². The largest absolute Gasteiger partial charge is 0.418 e. The van der Waals surface area contributed by atoms with Crippen molar-refractivity contribution in [3.63, 3.8) is 0 Å². The lowest BCUT2D eigenvalue weighted by Crippen LogP contribution is -2.21. The van der Waals surface area contributed by atoms with Crippen LogP contribution in [-0.4, -0.2) is 5.91 Å². The van der Waals surface area contributed by atoms with Gasteiger partial charge in [-0.15, -0.1) is 0 Å². The second kappa shape index (κ2) is 4.45. The molecule has 18 heavy (non-hydrogen) atoms. The number of carbonyl (C=O) groups is 1. The zero-order valence-corrected chi connectivity index (χ0v) is 9.87. The number of amides is 1. The molecule has 1 rings (SSSR count). The van der Waals surface area contributed by atoms with Gasteiger partial charge >= 0.3 is 12.4 Å². The summed E-state index contributed by atoms with van der Waals surface area (Å²) in [7, 11) is 0. The first-order valence-electron chi connectivity index (χ1n) is 4.23. The fourth-order valence-corrected chi connectivity index (χ4v) is 2.07. The number of rotatable bonds is 1. The summed E-state index contributed by atoms with van der Waals surface area (Å²) in [6.07, 6.45) is -10.1. The molecule has 100 valence electrons. The van der Waals surface area contributed by atoms with Gasteiger partial charge in [-0.3, -0.25) is 4.79 Å². The Balaban J connectivity index is 3.67. The van der Waals surface area contributed by atoms with Crippen molar-refractivity contribution in [3.8, 4) is 0 Å². The molecule has 0 spiro atoms. The summed E-state index contributed by atoms with van der Waals surface area (Å²) in [5.41, 5.74) is 0.413. The maximum absolute atomic E-state index is 12.6. The predicted molar refractivity (Wildman–Crippen MR) is 52.7 cm³/mol. The summed E-state index contributed by atoms with van der Waals surface area (Å²) in [6, 6.07) is 0.762. The van der Waals surface area contributed by atoms with Crippen LogP contribution in [0.5, 0.6) is 0 Å². The van der Waals surface area contributed by atoms with E-state index in [4.69, 9.17) is 5.73 Å². The molecular weight excluding hydrogens is 332 g/mol. The lowest BCUT2D eigenvalue weighted by atomic mass is 10.0. The standard InChI is InChI=1S/C9H4BrF6NO/c10-6-4(8(11,12)13)2-1-3(7(17)18)5(6)9(14,15)16/h1-2H,(H2,17,18). The summed E-state index contributed by atoms with van der Waals surface area (Å²) in [4.78, 5) is 10.8. The van der Waals surface area contributed by atoms with E-state index in [1.165, 1.54) is 0 Å².